The van der Waals surface area contributed by atoms with E-state index < -0.39 is 23.7 Å². The summed E-state index contributed by atoms with van der Waals surface area (Å²) in [6.45, 7) is 0. The Labute approximate surface area is 87.7 Å². The third kappa shape index (κ3) is 2.47. The maximum atomic E-state index is 12.6. The summed E-state index contributed by atoms with van der Waals surface area (Å²) in [5.41, 5.74) is -0.534. The van der Waals surface area contributed by atoms with Gasteiger partial charge in [0.2, 0.25) is 5.78 Å². The van der Waals surface area contributed by atoms with Gasteiger partial charge in [0.25, 0.3) is 0 Å². The number of benzene rings is 1. The number of Topliss-reactive ketones (excluding diaryl/α,β-unsaturated/α-hetero) is 1. The first kappa shape index (κ1) is 12.0. The lowest BCUT2D eigenvalue weighted by Crippen LogP contribution is -2.36. The lowest BCUT2D eigenvalue weighted by Gasteiger charge is -2.13. The molecule has 0 spiro atoms. The highest BCUT2D eigenvalue weighted by molar-refractivity contribution is 6.31. The van der Waals surface area contributed by atoms with Gasteiger partial charge in [-0.25, -0.2) is 8.78 Å². The van der Waals surface area contributed by atoms with E-state index in [1.165, 1.54) is 12.1 Å². The molecule has 0 N–H and O–H groups in total. The molecular formula is C9H5ClF4O. The molecular weight excluding hydrogens is 236 g/mol. The van der Waals surface area contributed by atoms with Crippen LogP contribution in [0.2, 0.25) is 5.02 Å². The Balaban J connectivity index is 3.05. The van der Waals surface area contributed by atoms with E-state index in [0.29, 0.717) is 0 Å². The highest BCUT2D eigenvalue weighted by Crippen LogP contribution is 2.28. The Morgan fingerprint density at radius 1 is 1.33 bits per heavy atom. The monoisotopic (exact) mass is 240 g/mol. The molecule has 82 valence electrons. The molecule has 0 aliphatic carbocycles. The van der Waals surface area contributed by atoms with Crippen molar-refractivity contribution in [3.63, 3.8) is 0 Å². The minimum atomic E-state index is -4.68. The lowest BCUT2D eigenvalue weighted by molar-refractivity contribution is -0.0958. The van der Waals surface area contributed by atoms with Crippen molar-refractivity contribution < 1.29 is 22.4 Å². The predicted octanol–water partition coefficient (Wildman–Crippen LogP) is 3.42. The van der Waals surface area contributed by atoms with Crippen molar-refractivity contribution >= 4 is 17.4 Å². The maximum Gasteiger partial charge on any atom is 0.368 e. The Morgan fingerprint density at radius 3 is 2.40 bits per heavy atom. The summed E-state index contributed by atoms with van der Waals surface area (Å²) < 4.78 is 48.9. The van der Waals surface area contributed by atoms with Crippen LogP contribution in [0.4, 0.5) is 17.6 Å². The minimum absolute atomic E-state index is 0.0333. The van der Waals surface area contributed by atoms with E-state index in [4.69, 9.17) is 11.6 Å². The van der Waals surface area contributed by atoms with Gasteiger partial charge < -0.3 is 0 Å². The average molecular weight is 241 g/mol. The second-order valence-electron chi connectivity index (χ2n) is 2.76. The lowest BCUT2D eigenvalue weighted by atomic mass is 10.1. The molecule has 6 heteroatoms. The van der Waals surface area contributed by atoms with Crippen LogP contribution >= 0.6 is 11.6 Å². The summed E-state index contributed by atoms with van der Waals surface area (Å²) in [4.78, 5) is 11.0. The van der Waals surface area contributed by atoms with Crippen molar-refractivity contribution in [3.05, 3.63) is 34.9 Å². The number of alkyl halides is 4. The van der Waals surface area contributed by atoms with Gasteiger partial charge in [0.1, 0.15) is 0 Å². The fourth-order valence-corrected chi connectivity index (χ4v) is 1.11. The summed E-state index contributed by atoms with van der Waals surface area (Å²) in [7, 11) is 0. The second-order valence-corrected chi connectivity index (χ2v) is 3.20. The van der Waals surface area contributed by atoms with Crippen LogP contribution in [0.1, 0.15) is 10.4 Å². The summed E-state index contributed by atoms with van der Waals surface area (Å²) in [5, 5.41) is 0.0333. The quantitative estimate of drug-likeness (QED) is 0.584. The van der Waals surface area contributed by atoms with Crippen LogP contribution in [0.15, 0.2) is 24.3 Å². The normalized spacial score (nSPS) is 11.9. The second kappa shape index (κ2) is 4.18. The maximum absolute atomic E-state index is 12.6. The average Bonchev–Trinajstić information content (AvgIpc) is 2.16. The number of hydrogen-bond donors (Lipinski definition) is 0. The van der Waals surface area contributed by atoms with Crippen LogP contribution in [0.5, 0.6) is 0 Å². The minimum Gasteiger partial charge on any atom is -0.287 e. The fraction of sp³-hybridized carbons (Fsp3) is 0.222. The first-order chi connectivity index (χ1) is 6.85. The number of hydrogen-bond acceptors (Lipinski definition) is 1. The van der Waals surface area contributed by atoms with Crippen molar-refractivity contribution in [1.82, 2.24) is 0 Å². The molecule has 0 saturated heterocycles. The van der Waals surface area contributed by atoms with Crippen molar-refractivity contribution in [3.8, 4) is 0 Å². The number of rotatable bonds is 3. The Bertz CT molecular complexity index is 378. The molecule has 1 aromatic carbocycles. The summed E-state index contributed by atoms with van der Waals surface area (Å²) in [6, 6.07) is 4.50. The molecule has 0 aliphatic heterocycles. The van der Waals surface area contributed by atoms with E-state index in [1.54, 1.807) is 0 Å². The molecule has 0 aromatic heterocycles. The van der Waals surface area contributed by atoms with Crippen LogP contribution in [0.3, 0.4) is 0 Å². The highest BCUT2D eigenvalue weighted by atomic mass is 35.5. The molecule has 15 heavy (non-hydrogen) atoms. The van der Waals surface area contributed by atoms with E-state index >= 15 is 0 Å². The number of carbonyl (C=O) groups is 1. The third-order valence-corrected chi connectivity index (χ3v) is 1.90. The molecule has 0 bridgehead atoms. The molecule has 0 unspecified atom stereocenters. The summed E-state index contributed by atoms with van der Waals surface area (Å²) >= 11 is 5.43. The van der Waals surface area contributed by atoms with Crippen LogP contribution < -0.4 is 0 Å². The van der Waals surface area contributed by atoms with E-state index in [9.17, 15) is 22.4 Å². The van der Waals surface area contributed by atoms with Gasteiger partial charge in [0.15, 0.2) is 0 Å². The molecule has 0 atom stereocenters. The molecule has 1 nitrogen and oxygen atoms in total. The predicted molar refractivity (Wildman–Crippen MR) is 46.7 cm³/mol. The van der Waals surface area contributed by atoms with Crippen molar-refractivity contribution in [2.24, 2.45) is 0 Å². The molecule has 0 amide bonds. The molecule has 0 fully saturated rings. The van der Waals surface area contributed by atoms with Gasteiger partial charge in [-0.2, -0.15) is 8.78 Å². The van der Waals surface area contributed by atoms with E-state index in [2.05, 4.69) is 0 Å². The van der Waals surface area contributed by atoms with Gasteiger partial charge in [-0.15, -0.1) is 0 Å². The number of halogens is 5. The van der Waals surface area contributed by atoms with Crippen molar-refractivity contribution in [1.29, 1.82) is 0 Å². The summed E-state index contributed by atoms with van der Waals surface area (Å²) in [6.07, 6.45) is -4.02. The Hall–Kier alpha value is -1.10. The smallest absolute Gasteiger partial charge is 0.287 e. The fourth-order valence-electron chi connectivity index (χ4n) is 0.921. The molecule has 0 saturated carbocycles. The van der Waals surface area contributed by atoms with Gasteiger partial charge in [0.05, 0.1) is 0 Å². The van der Waals surface area contributed by atoms with E-state index in [-0.39, 0.29) is 5.02 Å². The van der Waals surface area contributed by atoms with Gasteiger partial charge in [-0.1, -0.05) is 23.7 Å². The van der Waals surface area contributed by atoms with Gasteiger partial charge in [-0.05, 0) is 12.1 Å². The Morgan fingerprint density at radius 2 is 1.93 bits per heavy atom. The third-order valence-electron chi connectivity index (χ3n) is 1.66. The van der Waals surface area contributed by atoms with Crippen LogP contribution in [0, 0.1) is 0 Å². The van der Waals surface area contributed by atoms with Gasteiger partial charge in [-0.3, -0.25) is 4.79 Å². The van der Waals surface area contributed by atoms with Crippen LogP contribution in [-0.4, -0.2) is 18.1 Å². The van der Waals surface area contributed by atoms with Crippen LogP contribution in [0.25, 0.3) is 0 Å². The van der Waals surface area contributed by atoms with E-state index in [1.807, 2.05) is 0 Å². The molecule has 0 radical (unpaired) electrons. The molecule has 0 aliphatic rings. The zero-order valence-corrected chi connectivity index (χ0v) is 7.94. The van der Waals surface area contributed by atoms with Gasteiger partial charge in [0, 0.05) is 10.6 Å². The zero-order valence-electron chi connectivity index (χ0n) is 7.18. The summed E-state index contributed by atoms with van der Waals surface area (Å²) in [5.74, 6) is -6.61. The SMILES string of the molecule is O=C(c1cccc(Cl)c1)C(F)(F)C(F)F. The first-order valence-electron chi connectivity index (χ1n) is 3.82. The first-order valence-corrected chi connectivity index (χ1v) is 4.20. The Kier molecular flexibility index (Phi) is 3.34. The molecule has 1 rings (SSSR count). The topological polar surface area (TPSA) is 17.1 Å². The van der Waals surface area contributed by atoms with Crippen LogP contribution in [-0.2, 0) is 0 Å². The molecule has 1 aromatic rings. The number of ketones is 1. The zero-order chi connectivity index (χ0) is 11.6. The van der Waals surface area contributed by atoms with Crippen molar-refractivity contribution in [2.45, 2.75) is 12.3 Å². The standard InChI is InChI=1S/C9H5ClF4O/c10-6-3-1-2-5(4-6)7(15)9(13,14)8(11)12/h1-4,8H. The van der Waals surface area contributed by atoms with Gasteiger partial charge >= 0.3 is 12.3 Å². The highest BCUT2D eigenvalue weighted by Gasteiger charge is 2.48. The van der Waals surface area contributed by atoms with Crippen molar-refractivity contribution in [2.75, 3.05) is 0 Å². The number of carbonyl (C=O) groups excluding carboxylic acids is 1. The largest absolute Gasteiger partial charge is 0.368 e. The van der Waals surface area contributed by atoms with E-state index in [0.717, 1.165) is 12.1 Å². The molecule has 0 heterocycles.